The Morgan fingerprint density at radius 2 is 2.07 bits per heavy atom. The average Bonchev–Trinajstić information content (AvgIpc) is 2.74. The third kappa shape index (κ3) is 2.64. The van der Waals surface area contributed by atoms with Crippen LogP contribution in [0.25, 0.3) is 0 Å². The van der Waals surface area contributed by atoms with Crippen LogP contribution in [0.4, 0.5) is 0 Å². The maximum absolute atomic E-state index is 5.98. The van der Waals surface area contributed by atoms with Crippen LogP contribution in [0.15, 0.2) is 40.2 Å². The van der Waals surface area contributed by atoms with Gasteiger partial charge in [0.25, 0.3) is 0 Å². The fraction of sp³-hybridized carbons (Fsp3) is 0.0909. The van der Waals surface area contributed by atoms with Crippen molar-refractivity contribution in [1.29, 1.82) is 0 Å². The lowest BCUT2D eigenvalue weighted by molar-refractivity contribution is 1.21. The minimum atomic E-state index is 0.200. The van der Waals surface area contributed by atoms with Gasteiger partial charge in [-0.3, -0.25) is 0 Å². The molecular weight excluding hydrogens is 359 g/mol. The molecule has 0 nitrogen and oxygen atoms in total. The molecule has 0 N–H and O–H groups in total. The molecule has 0 aliphatic heterocycles. The maximum atomic E-state index is 5.98. The second-order valence-electron chi connectivity index (χ2n) is 3.04. The molecule has 15 heavy (non-hydrogen) atoms. The third-order valence-electron chi connectivity index (χ3n) is 2.02. The molecule has 0 aliphatic carbocycles. The summed E-state index contributed by atoms with van der Waals surface area (Å²) in [5.74, 6) is 0. The Hall–Kier alpha value is 0.170. The van der Waals surface area contributed by atoms with Crippen LogP contribution in [0.2, 0.25) is 5.02 Å². The number of alkyl halides is 1. The van der Waals surface area contributed by atoms with E-state index in [1.165, 1.54) is 4.88 Å². The first kappa shape index (κ1) is 11.6. The van der Waals surface area contributed by atoms with Crippen molar-refractivity contribution in [2.75, 3.05) is 0 Å². The summed E-state index contributed by atoms with van der Waals surface area (Å²) >= 11 is 14.9. The van der Waals surface area contributed by atoms with E-state index in [1.54, 1.807) is 11.3 Å². The quantitative estimate of drug-likeness (QED) is 0.603. The van der Waals surface area contributed by atoms with Gasteiger partial charge in [0.2, 0.25) is 0 Å². The highest BCUT2D eigenvalue weighted by atomic mass is 79.9. The summed E-state index contributed by atoms with van der Waals surface area (Å²) in [4.78, 5) is 1.48. The zero-order valence-corrected chi connectivity index (χ0v) is 12.3. The van der Waals surface area contributed by atoms with Crippen molar-refractivity contribution >= 4 is 54.8 Å². The van der Waals surface area contributed by atoms with Gasteiger partial charge in [-0.2, -0.15) is 0 Å². The van der Waals surface area contributed by atoms with Gasteiger partial charge in [-0.05, 0) is 35.2 Å². The van der Waals surface area contributed by atoms with Gasteiger partial charge >= 0.3 is 0 Å². The van der Waals surface area contributed by atoms with Crippen LogP contribution in [0.3, 0.4) is 0 Å². The number of thiophene rings is 1. The molecule has 1 atom stereocenters. The first-order valence-corrected chi connectivity index (χ1v) is 7.27. The topological polar surface area (TPSA) is 0 Å². The first-order chi connectivity index (χ1) is 7.18. The van der Waals surface area contributed by atoms with Gasteiger partial charge < -0.3 is 0 Å². The van der Waals surface area contributed by atoms with E-state index in [-0.39, 0.29) is 4.83 Å². The molecule has 0 saturated heterocycles. The van der Waals surface area contributed by atoms with Crippen LogP contribution in [0.1, 0.15) is 15.3 Å². The van der Waals surface area contributed by atoms with Gasteiger partial charge in [0, 0.05) is 14.4 Å². The molecule has 78 valence electrons. The highest BCUT2D eigenvalue weighted by Crippen LogP contribution is 2.38. The van der Waals surface area contributed by atoms with Crippen molar-refractivity contribution < 1.29 is 0 Å². The molecular formula is C11H7Br2ClS. The molecule has 1 heterocycles. The minimum Gasteiger partial charge on any atom is -0.147 e. The third-order valence-corrected chi connectivity index (χ3v) is 5.21. The Kier molecular flexibility index (Phi) is 3.88. The van der Waals surface area contributed by atoms with E-state index >= 15 is 0 Å². The molecule has 0 aliphatic rings. The van der Waals surface area contributed by atoms with Crippen molar-refractivity contribution in [3.8, 4) is 0 Å². The molecule has 0 radical (unpaired) electrons. The van der Waals surface area contributed by atoms with E-state index in [2.05, 4.69) is 43.3 Å². The van der Waals surface area contributed by atoms with Crippen molar-refractivity contribution in [1.82, 2.24) is 0 Å². The Balaban J connectivity index is 2.41. The highest BCUT2D eigenvalue weighted by molar-refractivity contribution is 9.11. The van der Waals surface area contributed by atoms with Crippen LogP contribution in [0.5, 0.6) is 0 Å². The van der Waals surface area contributed by atoms with E-state index in [0.29, 0.717) is 0 Å². The number of hydrogen-bond acceptors (Lipinski definition) is 1. The second-order valence-corrected chi connectivity index (χ2v) is 6.23. The monoisotopic (exact) mass is 364 g/mol. The van der Waals surface area contributed by atoms with Crippen molar-refractivity contribution in [3.63, 3.8) is 0 Å². The fourth-order valence-corrected chi connectivity index (χ4v) is 3.83. The molecule has 0 bridgehead atoms. The van der Waals surface area contributed by atoms with Gasteiger partial charge in [-0.25, -0.2) is 0 Å². The predicted octanol–water partition coefficient (Wildman–Crippen LogP) is 5.65. The molecule has 2 aromatic rings. The molecule has 1 unspecified atom stereocenters. The van der Waals surface area contributed by atoms with Crippen LogP contribution < -0.4 is 0 Å². The number of benzene rings is 1. The molecule has 0 fully saturated rings. The number of hydrogen-bond donors (Lipinski definition) is 0. The molecule has 4 heteroatoms. The normalized spacial score (nSPS) is 12.7. The van der Waals surface area contributed by atoms with Crippen LogP contribution in [-0.2, 0) is 0 Å². The Morgan fingerprint density at radius 1 is 1.27 bits per heavy atom. The molecule has 0 spiro atoms. The highest BCUT2D eigenvalue weighted by Gasteiger charge is 2.14. The Bertz CT molecular complexity index is 454. The smallest absolute Gasteiger partial charge is 0.0749 e. The summed E-state index contributed by atoms with van der Waals surface area (Å²) in [6.45, 7) is 0. The van der Waals surface area contributed by atoms with Gasteiger partial charge in [0.05, 0.1) is 4.83 Å². The lowest BCUT2D eigenvalue weighted by Crippen LogP contribution is -1.90. The van der Waals surface area contributed by atoms with E-state index in [4.69, 9.17) is 11.6 Å². The number of halogens is 3. The van der Waals surface area contributed by atoms with Crippen molar-refractivity contribution in [2.24, 2.45) is 0 Å². The van der Waals surface area contributed by atoms with Gasteiger partial charge in [-0.1, -0.05) is 49.5 Å². The SMILES string of the molecule is Clc1ccc(Br)c(C(Br)c2cccs2)c1. The maximum Gasteiger partial charge on any atom is 0.0749 e. The summed E-state index contributed by atoms with van der Waals surface area (Å²) in [6, 6.07) is 9.98. The second kappa shape index (κ2) is 5.00. The van der Waals surface area contributed by atoms with E-state index in [9.17, 15) is 0 Å². The van der Waals surface area contributed by atoms with Crippen LogP contribution in [0, 0.1) is 0 Å². The molecule has 0 saturated carbocycles. The van der Waals surface area contributed by atoms with Gasteiger partial charge in [-0.15, -0.1) is 11.3 Å². The van der Waals surface area contributed by atoms with Gasteiger partial charge in [0.15, 0.2) is 0 Å². The van der Waals surface area contributed by atoms with Crippen LogP contribution in [-0.4, -0.2) is 0 Å². The summed E-state index contributed by atoms with van der Waals surface area (Å²) in [7, 11) is 0. The van der Waals surface area contributed by atoms with E-state index < -0.39 is 0 Å². The van der Waals surface area contributed by atoms with Gasteiger partial charge in [0.1, 0.15) is 0 Å². The fourth-order valence-electron chi connectivity index (χ4n) is 1.30. The molecule has 1 aromatic heterocycles. The number of rotatable bonds is 2. The zero-order valence-electron chi connectivity index (χ0n) is 7.58. The van der Waals surface area contributed by atoms with Crippen LogP contribution >= 0.6 is 54.8 Å². The molecule has 0 amide bonds. The summed E-state index contributed by atoms with van der Waals surface area (Å²) < 4.78 is 1.07. The average molecular weight is 367 g/mol. The Labute approximate surface area is 115 Å². The van der Waals surface area contributed by atoms with E-state index in [0.717, 1.165) is 15.1 Å². The van der Waals surface area contributed by atoms with Crippen molar-refractivity contribution in [3.05, 3.63) is 55.6 Å². The lowest BCUT2D eigenvalue weighted by atomic mass is 10.1. The zero-order chi connectivity index (χ0) is 10.8. The van der Waals surface area contributed by atoms with E-state index in [1.807, 2.05) is 24.3 Å². The largest absolute Gasteiger partial charge is 0.147 e. The van der Waals surface area contributed by atoms with Crippen molar-refractivity contribution in [2.45, 2.75) is 4.83 Å². The molecule has 1 aromatic carbocycles. The first-order valence-electron chi connectivity index (χ1n) is 4.31. The predicted molar refractivity (Wildman–Crippen MR) is 74.2 cm³/mol. The lowest BCUT2D eigenvalue weighted by Gasteiger charge is -2.10. The minimum absolute atomic E-state index is 0.200. The summed E-state index contributed by atoms with van der Waals surface area (Å²) in [6.07, 6.45) is 0. The standard InChI is InChI=1S/C11H7Br2ClS/c12-9-4-3-7(14)6-8(9)11(13)10-2-1-5-15-10/h1-6,11H. The summed E-state index contributed by atoms with van der Waals surface area (Å²) in [5.41, 5.74) is 1.16. The summed E-state index contributed by atoms with van der Waals surface area (Å²) in [5, 5.41) is 2.83. The molecule has 2 rings (SSSR count). The Morgan fingerprint density at radius 3 is 2.73 bits per heavy atom.